The Morgan fingerprint density at radius 2 is 1.96 bits per heavy atom. The molecule has 0 aliphatic carbocycles. The van der Waals surface area contributed by atoms with Crippen LogP contribution in [-0.4, -0.2) is 31.3 Å². The molecule has 7 heteroatoms. The van der Waals surface area contributed by atoms with Crippen molar-refractivity contribution in [3.8, 4) is 5.75 Å². The highest BCUT2D eigenvalue weighted by molar-refractivity contribution is 7.99. The Morgan fingerprint density at radius 3 is 2.60 bits per heavy atom. The maximum Gasteiger partial charge on any atom is 0.341 e. The number of nitrogens with one attached hydrogen (secondary N) is 1. The maximum absolute atomic E-state index is 12.0. The number of aryl methyl sites for hydroxylation is 1. The summed E-state index contributed by atoms with van der Waals surface area (Å²) in [6, 6.07) is 8.87. The number of ether oxygens (including phenoxy) is 2. The van der Waals surface area contributed by atoms with E-state index >= 15 is 0 Å². The van der Waals surface area contributed by atoms with Gasteiger partial charge in [0.05, 0.1) is 25.2 Å². The predicted octanol–water partition coefficient (Wildman–Crippen LogP) is 3.65. The highest BCUT2D eigenvalue weighted by atomic mass is 32.2. The van der Waals surface area contributed by atoms with Gasteiger partial charge in [-0.3, -0.25) is 4.79 Å². The number of thioether (sulfide) groups is 1. The van der Waals surface area contributed by atoms with Crippen LogP contribution >= 0.6 is 11.8 Å². The highest BCUT2D eigenvalue weighted by Gasteiger charge is 2.15. The summed E-state index contributed by atoms with van der Waals surface area (Å²) in [5, 5.41) is 2.82. The summed E-state index contributed by atoms with van der Waals surface area (Å²) in [4.78, 5) is 23.5. The van der Waals surface area contributed by atoms with E-state index in [4.69, 9.17) is 9.15 Å². The lowest BCUT2D eigenvalue weighted by Crippen LogP contribution is -2.14. The monoisotopic (exact) mass is 363 g/mol. The normalized spacial score (nSPS) is 10.4. The van der Waals surface area contributed by atoms with Crippen molar-refractivity contribution >= 4 is 29.3 Å². The van der Waals surface area contributed by atoms with Crippen LogP contribution in [0.1, 0.15) is 28.8 Å². The minimum atomic E-state index is -0.425. The summed E-state index contributed by atoms with van der Waals surface area (Å²) < 4.78 is 15.5. The number of benzene rings is 1. The van der Waals surface area contributed by atoms with E-state index in [-0.39, 0.29) is 11.7 Å². The number of amides is 1. The molecule has 0 atom stereocenters. The molecule has 0 spiro atoms. The van der Waals surface area contributed by atoms with Crippen molar-refractivity contribution < 1.29 is 23.5 Å². The first-order chi connectivity index (χ1) is 12.0. The molecular formula is C18H21NO5S. The number of methoxy groups -OCH3 is 1. The molecule has 2 aromatic rings. The first-order valence-electron chi connectivity index (χ1n) is 7.81. The molecule has 134 valence electrons. The summed E-state index contributed by atoms with van der Waals surface area (Å²) in [7, 11) is 1.33. The minimum Gasteiger partial charge on any atom is -0.494 e. The molecule has 1 heterocycles. The Balaban J connectivity index is 1.79. The third kappa shape index (κ3) is 5.56. The fourth-order valence-electron chi connectivity index (χ4n) is 2.17. The second kappa shape index (κ2) is 9.17. The average molecular weight is 363 g/mol. The van der Waals surface area contributed by atoms with Crippen molar-refractivity contribution in [1.82, 2.24) is 0 Å². The zero-order valence-corrected chi connectivity index (χ0v) is 15.3. The lowest BCUT2D eigenvalue weighted by molar-refractivity contribution is -0.113. The van der Waals surface area contributed by atoms with E-state index < -0.39 is 5.97 Å². The number of furan rings is 1. The van der Waals surface area contributed by atoms with Gasteiger partial charge in [-0.15, -0.1) is 11.8 Å². The molecule has 6 nitrogen and oxygen atoms in total. The Labute approximate surface area is 150 Å². The highest BCUT2D eigenvalue weighted by Crippen LogP contribution is 2.21. The predicted molar refractivity (Wildman–Crippen MR) is 97.2 cm³/mol. The zero-order chi connectivity index (χ0) is 18.2. The standard InChI is InChI=1S/C18H21NO5S/c1-4-23-14-7-5-13(6-8-14)19-17(20)11-25-10-15-9-16(12(2)24-15)18(21)22-3/h5-9H,4,10-11H2,1-3H3,(H,19,20). The van der Waals surface area contributed by atoms with Gasteiger partial charge in [0.15, 0.2) is 0 Å². The van der Waals surface area contributed by atoms with Crippen LogP contribution in [0.5, 0.6) is 5.75 Å². The van der Waals surface area contributed by atoms with Gasteiger partial charge in [-0.2, -0.15) is 0 Å². The molecule has 1 amide bonds. The van der Waals surface area contributed by atoms with Crippen molar-refractivity contribution in [2.24, 2.45) is 0 Å². The average Bonchev–Trinajstić information content (AvgIpc) is 2.97. The van der Waals surface area contributed by atoms with Gasteiger partial charge < -0.3 is 19.2 Å². The molecular weight excluding hydrogens is 342 g/mol. The van der Waals surface area contributed by atoms with E-state index in [9.17, 15) is 9.59 Å². The van der Waals surface area contributed by atoms with Crippen LogP contribution in [0, 0.1) is 6.92 Å². The molecule has 25 heavy (non-hydrogen) atoms. The van der Waals surface area contributed by atoms with E-state index in [2.05, 4.69) is 10.1 Å². The maximum atomic E-state index is 12.0. The van der Waals surface area contributed by atoms with E-state index in [1.807, 2.05) is 19.1 Å². The quantitative estimate of drug-likeness (QED) is 0.722. The van der Waals surface area contributed by atoms with Crippen LogP contribution in [0.15, 0.2) is 34.7 Å². The summed E-state index contributed by atoms with van der Waals surface area (Å²) in [5.74, 6) is 2.16. The first-order valence-corrected chi connectivity index (χ1v) is 8.97. The minimum absolute atomic E-state index is 0.106. The molecule has 0 fully saturated rings. The van der Waals surface area contributed by atoms with E-state index in [1.54, 1.807) is 25.1 Å². The Kier molecular flexibility index (Phi) is 6.94. The summed E-state index contributed by atoms with van der Waals surface area (Å²) >= 11 is 1.40. The topological polar surface area (TPSA) is 77.8 Å². The van der Waals surface area contributed by atoms with Crippen molar-refractivity contribution in [3.63, 3.8) is 0 Å². The third-order valence-electron chi connectivity index (χ3n) is 3.30. The van der Waals surface area contributed by atoms with Crippen LogP contribution in [-0.2, 0) is 15.3 Å². The molecule has 0 saturated heterocycles. The van der Waals surface area contributed by atoms with Gasteiger partial charge in [0.25, 0.3) is 0 Å². The van der Waals surface area contributed by atoms with E-state index in [1.165, 1.54) is 18.9 Å². The van der Waals surface area contributed by atoms with Crippen LogP contribution < -0.4 is 10.1 Å². The molecule has 0 saturated carbocycles. The van der Waals surface area contributed by atoms with Crippen LogP contribution in [0.2, 0.25) is 0 Å². The van der Waals surface area contributed by atoms with Crippen molar-refractivity contribution in [2.45, 2.75) is 19.6 Å². The van der Waals surface area contributed by atoms with Gasteiger partial charge in [-0.1, -0.05) is 0 Å². The second-order valence-corrected chi connectivity index (χ2v) is 6.16. The van der Waals surface area contributed by atoms with Gasteiger partial charge in [0.2, 0.25) is 5.91 Å². The number of esters is 1. The molecule has 1 aromatic carbocycles. The van der Waals surface area contributed by atoms with Crippen LogP contribution in [0.25, 0.3) is 0 Å². The van der Waals surface area contributed by atoms with Crippen LogP contribution in [0.4, 0.5) is 5.69 Å². The fraction of sp³-hybridized carbons (Fsp3) is 0.333. The van der Waals surface area contributed by atoms with Gasteiger partial charge in [0, 0.05) is 5.69 Å². The van der Waals surface area contributed by atoms with Gasteiger partial charge >= 0.3 is 5.97 Å². The summed E-state index contributed by atoms with van der Waals surface area (Å²) in [6.07, 6.45) is 0. The summed E-state index contributed by atoms with van der Waals surface area (Å²) in [6.45, 7) is 4.23. The molecule has 1 aromatic heterocycles. The first kappa shape index (κ1) is 18.9. The third-order valence-corrected chi connectivity index (χ3v) is 4.26. The van der Waals surface area contributed by atoms with E-state index in [0.717, 1.165) is 11.4 Å². The number of hydrogen-bond acceptors (Lipinski definition) is 6. The van der Waals surface area contributed by atoms with Gasteiger partial charge in [0.1, 0.15) is 22.8 Å². The van der Waals surface area contributed by atoms with Crippen molar-refractivity contribution in [3.05, 3.63) is 47.4 Å². The summed E-state index contributed by atoms with van der Waals surface area (Å²) in [5.41, 5.74) is 1.13. The Hall–Kier alpha value is -2.41. The molecule has 0 aliphatic heterocycles. The van der Waals surface area contributed by atoms with Crippen molar-refractivity contribution in [1.29, 1.82) is 0 Å². The molecule has 0 radical (unpaired) electrons. The molecule has 0 unspecified atom stereocenters. The number of carbonyl (C=O) groups is 2. The second-order valence-electron chi connectivity index (χ2n) is 5.17. The fourth-order valence-corrected chi connectivity index (χ4v) is 2.87. The number of anilines is 1. The number of carbonyl (C=O) groups excluding carboxylic acids is 2. The number of hydrogen-bond donors (Lipinski definition) is 1. The molecule has 2 rings (SSSR count). The van der Waals surface area contributed by atoms with Gasteiger partial charge in [-0.05, 0) is 44.2 Å². The van der Waals surface area contributed by atoms with E-state index in [0.29, 0.717) is 29.4 Å². The van der Waals surface area contributed by atoms with Crippen LogP contribution in [0.3, 0.4) is 0 Å². The molecule has 0 aliphatic rings. The Morgan fingerprint density at radius 1 is 1.24 bits per heavy atom. The smallest absolute Gasteiger partial charge is 0.341 e. The van der Waals surface area contributed by atoms with Gasteiger partial charge in [-0.25, -0.2) is 4.79 Å². The molecule has 0 bridgehead atoms. The molecule has 1 N–H and O–H groups in total. The largest absolute Gasteiger partial charge is 0.494 e. The SMILES string of the molecule is CCOc1ccc(NC(=O)CSCc2cc(C(=O)OC)c(C)o2)cc1. The lowest BCUT2D eigenvalue weighted by atomic mass is 10.2. The Bertz CT molecular complexity index is 724. The zero-order valence-electron chi connectivity index (χ0n) is 14.5. The number of rotatable bonds is 8. The lowest BCUT2D eigenvalue weighted by Gasteiger charge is -2.06. The van der Waals surface area contributed by atoms with Crippen molar-refractivity contribution in [2.75, 3.05) is 24.8 Å².